The molecule has 1 heterocycles. The first-order valence-electron chi connectivity index (χ1n) is 4.19. The first-order chi connectivity index (χ1) is 6.11. The van der Waals surface area contributed by atoms with E-state index in [0.29, 0.717) is 16.9 Å². The Kier molecular flexibility index (Phi) is 4.09. The van der Waals surface area contributed by atoms with Crippen LogP contribution in [0, 0.1) is 5.92 Å². The van der Waals surface area contributed by atoms with Crippen molar-refractivity contribution in [3.63, 3.8) is 0 Å². The molecule has 3 nitrogen and oxygen atoms in total. The van der Waals surface area contributed by atoms with Gasteiger partial charge >= 0.3 is 0 Å². The molecule has 0 aliphatic rings. The second-order valence-electron chi connectivity index (χ2n) is 3.25. The molecule has 0 aliphatic heterocycles. The molecule has 0 bridgehead atoms. The summed E-state index contributed by atoms with van der Waals surface area (Å²) in [5, 5.41) is 3.86. The van der Waals surface area contributed by atoms with Crippen LogP contribution in [0.2, 0.25) is 4.34 Å². The second kappa shape index (κ2) is 4.88. The van der Waals surface area contributed by atoms with Gasteiger partial charge in [-0.05, 0) is 12.8 Å². The number of ether oxygens (including phenoxy) is 1. The largest absolute Gasteiger partial charge is 0.372 e. The zero-order valence-electron chi connectivity index (χ0n) is 7.95. The van der Waals surface area contributed by atoms with Crippen LogP contribution in [0.5, 0.6) is 0 Å². The van der Waals surface area contributed by atoms with Crippen molar-refractivity contribution in [1.82, 2.24) is 9.59 Å². The third-order valence-corrected chi connectivity index (χ3v) is 2.92. The molecule has 0 saturated heterocycles. The number of halogens is 1. The van der Waals surface area contributed by atoms with E-state index < -0.39 is 0 Å². The summed E-state index contributed by atoms with van der Waals surface area (Å²) in [6, 6.07) is 0. The molecular formula is C8H13ClN2OS. The van der Waals surface area contributed by atoms with Gasteiger partial charge in [0.1, 0.15) is 10.0 Å². The van der Waals surface area contributed by atoms with E-state index in [0.717, 1.165) is 5.69 Å². The SMILES string of the molecule is CC(C)C(C)OCc1nnsc1Cl. The maximum Gasteiger partial charge on any atom is 0.139 e. The van der Waals surface area contributed by atoms with Crippen LogP contribution in [-0.2, 0) is 11.3 Å². The van der Waals surface area contributed by atoms with Crippen molar-refractivity contribution < 1.29 is 4.74 Å². The molecule has 1 aromatic heterocycles. The van der Waals surface area contributed by atoms with Gasteiger partial charge in [-0.25, -0.2) is 0 Å². The van der Waals surface area contributed by atoms with Crippen molar-refractivity contribution in [3.8, 4) is 0 Å². The summed E-state index contributed by atoms with van der Waals surface area (Å²) in [7, 11) is 0. The van der Waals surface area contributed by atoms with Gasteiger partial charge in [-0.1, -0.05) is 29.9 Å². The molecule has 13 heavy (non-hydrogen) atoms. The molecule has 74 valence electrons. The lowest BCUT2D eigenvalue weighted by atomic mass is 10.1. The highest BCUT2D eigenvalue weighted by Gasteiger charge is 2.10. The summed E-state index contributed by atoms with van der Waals surface area (Å²) in [4.78, 5) is 0. The van der Waals surface area contributed by atoms with Crippen molar-refractivity contribution >= 4 is 23.1 Å². The summed E-state index contributed by atoms with van der Waals surface area (Å²) in [5.74, 6) is 0.505. The third-order valence-electron chi connectivity index (χ3n) is 1.93. The van der Waals surface area contributed by atoms with Crippen LogP contribution in [0.3, 0.4) is 0 Å². The summed E-state index contributed by atoms with van der Waals surface area (Å²) < 4.78 is 9.89. The van der Waals surface area contributed by atoms with Gasteiger partial charge in [-0.3, -0.25) is 0 Å². The van der Waals surface area contributed by atoms with Crippen LogP contribution in [0.1, 0.15) is 26.5 Å². The Morgan fingerprint density at radius 3 is 2.62 bits per heavy atom. The first kappa shape index (κ1) is 10.9. The van der Waals surface area contributed by atoms with E-state index in [4.69, 9.17) is 16.3 Å². The maximum atomic E-state index is 5.82. The predicted octanol–water partition coefficient (Wildman–Crippen LogP) is 2.75. The minimum absolute atomic E-state index is 0.220. The molecule has 0 N–H and O–H groups in total. The lowest BCUT2D eigenvalue weighted by Crippen LogP contribution is -2.15. The van der Waals surface area contributed by atoms with Crippen LogP contribution in [-0.4, -0.2) is 15.7 Å². The van der Waals surface area contributed by atoms with E-state index in [9.17, 15) is 0 Å². The second-order valence-corrected chi connectivity index (χ2v) is 4.61. The summed E-state index contributed by atoms with van der Waals surface area (Å²) >= 11 is 7.01. The number of aromatic nitrogens is 2. The fourth-order valence-electron chi connectivity index (χ4n) is 0.686. The molecule has 1 unspecified atom stereocenters. The van der Waals surface area contributed by atoms with Crippen molar-refractivity contribution in [2.24, 2.45) is 5.92 Å². The third kappa shape index (κ3) is 3.21. The maximum absolute atomic E-state index is 5.82. The monoisotopic (exact) mass is 220 g/mol. The van der Waals surface area contributed by atoms with Gasteiger partial charge in [0, 0.05) is 11.5 Å². The summed E-state index contributed by atoms with van der Waals surface area (Å²) in [6.07, 6.45) is 0.220. The molecule has 1 aromatic rings. The minimum Gasteiger partial charge on any atom is -0.372 e. The Labute approximate surface area is 87.2 Å². The van der Waals surface area contributed by atoms with E-state index >= 15 is 0 Å². The van der Waals surface area contributed by atoms with E-state index in [-0.39, 0.29) is 6.10 Å². The van der Waals surface area contributed by atoms with E-state index in [1.165, 1.54) is 11.5 Å². The van der Waals surface area contributed by atoms with Gasteiger partial charge in [-0.15, -0.1) is 5.10 Å². The highest BCUT2D eigenvalue weighted by atomic mass is 35.5. The molecule has 1 rings (SSSR count). The summed E-state index contributed by atoms with van der Waals surface area (Å²) in [5.41, 5.74) is 0.735. The van der Waals surface area contributed by atoms with Crippen LogP contribution >= 0.6 is 23.1 Å². The number of hydrogen-bond donors (Lipinski definition) is 0. The van der Waals surface area contributed by atoms with Crippen molar-refractivity contribution in [2.75, 3.05) is 0 Å². The Morgan fingerprint density at radius 2 is 2.15 bits per heavy atom. The van der Waals surface area contributed by atoms with Crippen LogP contribution in [0.25, 0.3) is 0 Å². The van der Waals surface area contributed by atoms with E-state index in [1.807, 2.05) is 6.92 Å². The van der Waals surface area contributed by atoms with Crippen molar-refractivity contribution in [3.05, 3.63) is 10.0 Å². The lowest BCUT2D eigenvalue weighted by Gasteiger charge is -2.15. The smallest absolute Gasteiger partial charge is 0.139 e. The average Bonchev–Trinajstić information content (AvgIpc) is 2.47. The molecule has 0 amide bonds. The number of nitrogens with zero attached hydrogens (tertiary/aromatic N) is 2. The highest BCUT2D eigenvalue weighted by molar-refractivity contribution is 7.10. The molecule has 0 aromatic carbocycles. The predicted molar refractivity (Wildman–Crippen MR) is 54.0 cm³/mol. The van der Waals surface area contributed by atoms with Crippen LogP contribution < -0.4 is 0 Å². The standard InChI is InChI=1S/C8H13ClN2OS/c1-5(2)6(3)12-4-7-8(9)13-11-10-7/h5-6H,4H2,1-3H3. The van der Waals surface area contributed by atoms with Crippen molar-refractivity contribution in [2.45, 2.75) is 33.5 Å². The van der Waals surface area contributed by atoms with Gasteiger partial charge in [0.25, 0.3) is 0 Å². The first-order valence-corrected chi connectivity index (χ1v) is 5.34. The van der Waals surface area contributed by atoms with Crippen molar-refractivity contribution in [1.29, 1.82) is 0 Å². The Bertz CT molecular complexity index is 264. The topological polar surface area (TPSA) is 35.0 Å². The fraction of sp³-hybridized carbons (Fsp3) is 0.750. The van der Waals surface area contributed by atoms with Gasteiger partial charge in [-0.2, -0.15) is 0 Å². The summed E-state index contributed by atoms with van der Waals surface area (Å²) in [6.45, 7) is 6.73. The number of hydrogen-bond acceptors (Lipinski definition) is 4. The normalized spacial score (nSPS) is 13.6. The molecule has 0 fully saturated rings. The molecule has 5 heteroatoms. The Hall–Kier alpha value is -0.190. The molecule has 0 saturated carbocycles. The van der Waals surface area contributed by atoms with Crippen LogP contribution in [0.4, 0.5) is 0 Å². The lowest BCUT2D eigenvalue weighted by molar-refractivity contribution is 0.0218. The van der Waals surface area contributed by atoms with Gasteiger partial charge < -0.3 is 4.74 Å². The number of rotatable bonds is 4. The van der Waals surface area contributed by atoms with Crippen LogP contribution in [0.15, 0.2) is 0 Å². The Morgan fingerprint density at radius 1 is 1.46 bits per heavy atom. The minimum atomic E-state index is 0.220. The fourth-order valence-corrected chi connectivity index (χ4v) is 1.29. The zero-order chi connectivity index (χ0) is 9.84. The van der Waals surface area contributed by atoms with Gasteiger partial charge in [0.05, 0.1) is 12.7 Å². The molecular weight excluding hydrogens is 208 g/mol. The molecule has 0 radical (unpaired) electrons. The molecule has 1 atom stereocenters. The quantitative estimate of drug-likeness (QED) is 0.783. The molecule has 0 aliphatic carbocycles. The van der Waals surface area contributed by atoms with E-state index in [2.05, 4.69) is 23.4 Å². The Balaban J connectivity index is 2.39. The van der Waals surface area contributed by atoms with E-state index in [1.54, 1.807) is 0 Å². The average molecular weight is 221 g/mol. The zero-order valence-corrected chi connectivity index (χ0v) is 9.52. The van der Waals surface area contributed by atoms with Gasteiger partial charge in [0.15, 0.2) is 0 Å². The van der Waals surface area contributed by atoms with Gasteiger partial charge in [0.2, 0.25) is 0 Å². The molecule has 0 spiro atoms. The highest BCUT2D eigenvalue weighted by Crippen LogP contribution is 2.19.